The van der Waals surface area contributed by atoms with Gasteiger partial charge in [0.2, 0.25) is 0 Å². The van der Waals surface area contributed by atoms with Gasteiger partial charge in [0.15, 0.2) is 0 Å². The zero-order valence-corrected chi connectivity index (χ0v) is 24.5. The molecule has 0 fully saturated rings. The van der Waals surface area contributed by atoms with E-state index in [2.05, 4.69) is 53.1 Å². The van der Waals surface area contributed by atoms with Crippen LogP contribution in [-0.4, -0.2) is 11.0 Å². The van der Waals surface area contributed by atoms with Gasteiger partial charge < -0.3 is 29.7 Å². The molecule has 0 heterocycles. The number of amides is 1. The van der Waals surface area contributed by atoms with Gasteiger partial charge in [0.25, 0.3) is 5.91 Å². The number of phosphoric acid groups is 1. The fourth-order valence-corrected chi connectivity index (χ4v) is 2.90. The molecule has 0 aromatic heterocycles. The van der Waals surface area contributed by atoms with Crippen LogP contribution in [0.2, 0.25) is 0 Å². The van der Waals surface area contributed by atoms with Crippen LogP contribution in [0.15, 0.2) is 49.8 Å². The molecule has 2 rings (SSSR count). The van der Waals surface area contributed by atoms with E-state index in [4.69, 9.17) is 19.2 Å². The quantitative estimate of drug-likeness (QED) is 0.285. The monoisotopic (exact) mass is 670 g/mol. The average Bonchev–Trinajstić information content (AvgIpc) is 2.48. The summed E-state index contributed by atoms with van der Waals surface area (Å²) in [6.07, 6.45) is 0. The van der Waals surface area contributed by atoms with Gasteiger partial charge in [0.1, 0.15) is 5.75 Å². The number of phenols is 1. The molecule has 0 radical (unpaired) electrons. The second kappa shape index (κ2) is 12.9. The van der Waals surface area contributed by atoms with Crippen molar-refractivity contribution < 1.29 is 68.1 Å². The summed E-state index contributed by atoms with van der Waals surface area (Å²) in [5.41, 5.74) is 0.855. The van der Waals surface area contributed by atoms with Gasteiger partial charge in [-0.3, -0.25) is 4.79 Å². The van der Waals surface area contributed by atoms with Crippen molar-refractivity contribution >= 4 is 67.2 Å². The summed E-state index contributed by atoms with van der Waals surface area (Å²) in [5.74, 6) is -0.485. The Hall–Kier alpha value is 0.507. The second-order valence-electron chi connectivity index (χ2n) is 4.15. The first kappa shape index (κ1) is 28.7. The number of rotatable bonds is 2. The van der Waals surface area contributed by atoms with Gasteiger partial charge in [0, 0.05) is 14.6 Å². The number of anilines is 1. The summed E-state index contributed by atoms with van der Waals surface area (Å²) in [5, 5.41) is 12.7. The zero-order valence-electron chi connectivity index (χ0n) is 12.9. The van der Waals surface area contributed by atoms with E-state index in [9.17, 15) is 9.90 Å². The number of nitrogens with one attached hydrogen (secondary N) is 1. The number of carbonyl (C=O) groups excluding carboxylic acids is 1. The van der Waals surface area contributed by atoms with E-state index in [1.807, 2.05) is 18.2 Å². The first-order valence-corrected chi connectivity index (χ1v) is 9.80. The molecule has 0 aliphatic heterocycles. The fourth-order valence-electron chi connectivity index (χ4n) is 1.48. The molecule has 2 aromatic rings. The molecular formula is C13H8Br3NO6PZn2+. The molecule has 0 bridgehead atoms. The molecule has 0 spiro atoms. The van der Waals surface area contributed by atoms with Crippen molar-refractivity contribution in [2.45, 2.75) is 0 Å². The first-order valence-electron chi connectivity index (χ1n) is 5.96. The topological polar surface area (TPSA) is 136 Å². The van der Waals surface area contributed by atoms with E-state index in [0.717, 1.165) is 0 Å². The normalized spacial score (nSPS) is 9.77. The van der Waals surface area contributed by atoms with Crippen molar-refractivity contribution in [3.05, 3.63) is 55.4 Å². The maximum atomic E-state index is 12.1. The Labute approximate surface area is 200 Å². The standard InChI is InChI=1S/C13H8Br3NO2.H3O4P.2Zn/c14-9-6-8(12(18)11(16)10(9)15)13(19)17-7-4-2-1-3-5-7;1-5(2,3)4;;/h1-6,18H,(H,17,19);(H3,1,2,3,4);;/q;;2*+2/p-3. The number of carbonyl (C=O) groups is 1. The molecule has 0 atom stereocenters. The van der Waals surface area contributed by atoms with Crippen LogP contribution >= 0.6 is 55.6 Å². The Morgan fingerprint density at radius 2 is 1.46 bits per heavy atom. The Morgan fingerprint density at radius 1 is 1.00 bits per heavy atom. The molecule has 26 heavy (non-hydrogen) atoms. The average molecular weight is 676 g/mol. The van der Waals surface area contributed by atoms with Crippen molar-refractivity contribution in [3.8, 4) is 5.75 Å². The maximum Gasteiger partial charge on any atom is 2.00 e. The van der Waals surface area contributed by atoms with Gasteiger partial charge in [-0.15, -0.1) is 0 Å². The van der Waals surface area contributed by atoms with E-state index < -0.39 is 7.82 Å². The van der Waals surface area contributed by atoms with Gasteiger partial charge in [-0.05, 0) is 66.0 Å². The van der Waals surface area contributed by atoms with Crippen molar-refractivity contribution in [3.63, 3.8) is 0 Å². The Balaban J connectivity index is 0. The summed E-state index contributed by atoms with van der Waals surface area (Å²) in [6, 6.07) is 10.6. The van der Waals surface area contributed by atoms with E-state index in [1.165, 1.54) is 0 Å². The van der Waals surface area contributed by atoms with Crippen molar-refractivity contribution in [2.24, 2.45) is 0 Å². The molecule has 7 nitrogen and oxygen atoms in total. The van der Waals surface area contributed by atoms with Gasteiger partial charge >= 0.3 is 39.0 Å². The summed E-state index contributed by atoms with van der Waals surface area (Å²) >= 11 is 9.84. The van der Waals surface area contributed by atoms with Crippen LogP contribution in [0.1, 0.15) is 10.4 Å². The second-order valence-corrected chi connectivity index (χ2v) is 7.48. The molecule has 0 aliphatic carbocycles. The van der Waals surface area contributed by atoms with Crippen LogP contribution in [0.3, 0.4) is 0 Å². The van der Waals surface area contributed by atoms with E-state index in [0.29, 0.717) is 19.1 Å². The van der Waals surface area contributed by atoms with Crippen LogP contribution in [0.5, 0.6) is 5.75 Å². The summed E-state index contributed by atoms with van der Waals surface area (Å²) in [7, 11) is -5.39. The van der Waals surface area contributed by atoms with Crippen LogP contribution in [0.4, 0.5) is 5.69 Å². The van der Waals surface area contributed by atoms with Gasteiger partial charge in [-0.1, -0.05) is 18.2 Å². The molecule has 1 amide bonds. The summed E-state index contributed by atoms with van der Waals surface area (Å²) in [4.78, 5) is 37.8. The summed E-state index contributed by atoms with van der Waals surface area (Å²) < 4.78 is 10.3. The van der Waals surface area contributed by atoms with Crippen LogP contribution < -0.4 is 20.0 Å². The number of halogens is 3. The number of benzene rings is 2. The van der Waals surface area contributed by atoms with Crippen LogP contribution in [0, 0.1) is 0 Å². The minimum atomic E-state index is -5.39. The van der Waals surface area contributed by atoms with Crippen LogP contribution in [-0.2, 0) is 43.5 Å². The predicted molar refractivity (Wildman–Crippen MR) is 93.2 cm³/mol. The third kappa shape index (κ3) is 10.2. The SMILES string of the molecule is O=C(Nc1ccccc1)c1cc(Br)c(Br)c(Br)c1O.O=P([O-])([O-])[O-].[Zn+2].[Zn+2]. The van der Waals surface area contributed by atoms with Crippen molar-refractivity contribution in [2.75, 3.05) is 5.32 Å². The Morgan fingerprint density at radius 3 is 1.92 bits per heavy atom. The van der Waals surface area contributed by atoms with Gasteiger partial charge in [-0.2, -0.15) is 7.82 Å². The van der Waals surface area contributed by atoms with Gasteiger partial charge in [-0.25, -0.2) is 0 Å². The van der Waals surface area contributed by atoms with E-state index >= 15 is 0 Å². The largest absolute Gasteiger partial charge is 2.00 e. The van der Waals surface area contributed by atoms with Crippen molar-refractivity contribution in [1.82, 2.24) is 0 Å². The number of aromatic hydroxyl groups is 1. The number of para-hydroxylation sites is 1. The fraction of sp³-hybridized carbons (Fsp3) is 0. The minimum absolute atomic E-state index is 0. The third-order valence-electron chi connectivity index (χ3n) is 2.41. The number of hydrogen-bond donors (Lipinski definition) is 2. The molecule has 13 heteroatoms. The third-order valence-corrected chi connectivity index (χ3v) is 5.70. The first-order chi connectivity index (χ1) is 11.0. The minimum Gasteiger partial charge on any atom is -0.822 e. The summed E-state index contributed by atoms with van der Waals surface area (Å²) in [6.45, 7) is 0. The molecule has 2 N–H and O–H groups in total. The molecule has 2 aromatic carbocycles. The molecule has 0 aliphatic rings. The Bertz CT molecular complexity index is 783. The van der Waals surface area contributed by atoms with E-state index in [1.54, 1.807) is 18.2 Å². The maximum absolute atomic E-state index is 12.1. The number of phenolic OH excluding ortho intramolecular Hbond substituents is 1. The van der Waals surface area contributed by atoms with E-state index in [-0.39, 0.29) is 56.2 Å². The molecule has 0 unspecified atom stereocenters. The zero-order chi connectivity index (χ0) is 18.5. The number of hydrogen-bond acceptors (Lipinski definition) is 6. The smallest absolute Gasteiger partial charge is 0.822 e. The Kier molecular flexibility index (Phi) is 14.2. The molecule has 0 saturated heterocycles. The van der Waals surface area contributed by atoms with Gasteiger partial charge in [0.05, 0.1) is 10.0 Å². The van der Waals surface area contributed by atoms with Crippen LogP contribution in [0.25, 0.3) is 0 Å². The molecule has 0 saturated carbocycles. The molecular weight excluding hydrogens is 668 g/mol. The predicted octanol–water partition coefficient (Wildman–Crippen LogP) is 2.10. The van der Waals surface area contributed by atoms with Crippen molar-refractivity contribution in [1.29, 1.82) is 0 Å². The molecule has 130 valence electrons.